The highest BCUT2D eigenvalue weighted by Crippen LogP contribution is 2.44. The summed E-state index contributed by atoms with van der Waals surface area (Å²) in [6.07, 6.45) is 2.23. The molecule has 19 heavy (non-hydrogen) atoms. The molecular weight excluding hydrogens is 309 g/mol. The van der Waals surface area contributed by atoms with Crippen LogP contribution in [-0.2, 0) is 0 Å². The van der Waals surface area contributed by atoms with Crippen LogP contribution in [-0.4, -0.2) is 18.7 Å². The second-order valence-electron chi connectivity index (χ2n) is 5.75. The fourth-order valence-corrected chi connectivity index (χ4v) is 2.81. The number of halogens is 2. The minimum atomic E-state index is -0.268. The lowest BCUT2D eigenvalue weighted by Crippen LogP contribution is -2.62. The number of hydrogen-bond acceptors (Lipinski definition) is 2. The van der Waals surface area contributed by atoms with E-state index in [1.807, 2.05) is 0 Å². The molecule has 2 unspecified atom stereocenters. The summed E-state index contributed by atoms with van der Waals surface area (Å²) in [5, 5.41) is 3.54. The van der Waals surface area contributed by atoms with Crippen LogP contribution in [0.5, 0.6) is 5.75 Å². The summed E-state index contributed by atoms with van der Waals surface area (Å²) in [4.78, 5) is 0. The topological polar surface area (TPSA) is 21.3 Å². The van der Waals surface area contributed by atoms with E-state index >= 15 is 0 Å². The largest absolute Gasteiger partial charge is 0.488 e. The normalized spacial score (nSPS) is 24.9. The molecule has 2 nitrogen and oxygen atoms in total. The Morgan fingerprint density at radius 2 is 2.21 bits per heavy atom. The fourth-order valence-electron chi connectivity index (χ4n) is 2.47. The predicted octanol–water partition coefficient (Wildman–Crippen LogP) is 4.13. The molecule has 4 heteroatoms. The highest BCUT2D eigenvalue weighted by atomic mass is 79.9. The van der Waals surface area contributed by atoms with Gasteiger partial charge in [-0.1, -0.05) is 20.8 Å². The zero-order valence-corrected chi connectivity index (χ0v) is 13.3. The smallest absolute Gasteiger partial charge is 0.136 e. The van der Waals surface area contributed by atoms with Crippen LogP contribution >= 0.6 is 15.9 Å². The Kier molecular flexibility index (Phi) is 4.51. The van der Waals surface area contributed by atoms with E-state index in [0.29, 0.717) is 11.8 Å². The molecule has 1 saturated carbocycles. The van der Waals surface area contributed by atoms with Crippen molar-refractivity contribution in [2.24, 2.45) is 5.41 Å². The van der Waals surface area contributed by atoms with Gasteiger partial charge in [-0.3, -0.25) is 0 Å². The van der Waals surface area contributed by atoms with Crippen LogP contribution < -0.4 is 10.1 Å². The van der Waals surface area contributed by atoms with Crippen molar-refractivity contribution in [2.75, 3.05) is 6.54 Å². The molecule has 0 aromatic heterocycles. The zero-order chi connectivity index (χ0) is 14.0. The quantitative estimate of drug-likeness (QED) is 0.876. The minimum absolute atomic E-state index is 0.0704. The molecule has 0 saturated heterocycles. The maximum absolute atomic E-state index is 13.2. The van der Waals surface area contributed by atoms with Gasteiger partial charge < -0.3 is 10.1 Å². The molecule has 1 aliphatic rings. The molecule has 0 amide bonds. The van der Waals surface area contributed by atoms with Crippen molar-refractivity contribution in [2.45, 2.75) is 45.8 Å². The average molecular weight is 330 g/mol. The Morgan fingerprint density at radius 3 is 2.84 bits per heavy atom. The van der Waals surface area contributed by atoms with E-state index in [1.165, 1.54) is 12.1 Å². The summed E-state index contributed by atoms with van der Waals surface area (Å²) in [6, 6.07) is 5.02. The zero-order valence-electron chi connectivity index (χ0n) is 11.7. The lowest BCUT2D eigenvalue weighted by atomic mass is 9.64. The summed E-state index contributed by atoms with van der Waals surface area (Å²) in [5.41, 5.74) is 0.0704. The fraction of sp³-hybridized carbons (Fsp3) is 0.600. The summed E-state index contributed by atoms with van der Waals surface area (Å²) in [5.74, 6) is 0.322. The molecule has 1 aliphatic carbocycles. The van der Waals surface area contributed by atoms with Crippen LogP contribution in [0.1, 0.15) is 33.6 Å². The van der Waals surface area contributed by atoms with Crippen molar-refractivity contribution in [1.82, 2.24) is 5.32 Å². The lowest BCUT2D eigenvalue weighted by Gasteiger charge is -2.51. The molecule has 0 bridgehead atoms. The van der Waals surface area contributed by atoms with E-state index in [-0.39, 0.29) is 17.3 Å². The SMILES string of the molecule is CCCNC1CC(Oc2cc(F)ccc2Br)C1(C)C. The Morgan fingerprint density at radius 1 is 1.47 bits per heavy atom. The first-order valence-corrected chi connectivity index (χ1v) is 7.59. The van der Waals surface area contributed by atoms with Crippen LogP contribution in [0.3, 0.4) is 0 Å². The van der Waals surface area contributed by atoms with Gasteiger partial charge >= 0.3 is 0 Å². The third-order valence-corrected chi connectivity index (χ3v) is 4.64. The van der Waals surface area contributed by atoms with E-state index in [2.05, 4.69) is 42.0 Å². The molecule has 0 spiro atoms. The number of nitrogens with one attached hydrogen (secondary N) is 1. The molecule has 0 heterocycles. The average Bonchev–Trinajstić information content (AvgIpc) is 2.36. The molecule has 1 fully saturated rings. The molecule has 1 aromatic rings. The molecular formula is C15H21BrFNO. The van der Waals surface area contributed by atoms with E-state index in [4.69, 9.17) is 4.74 Å². The maximum Gasteiger partial charge on any atom is 0.136 e. The monoisotopic (exact) mass is 329 g/mol. The molecule has 1 aromatic carbocycles. The molecule has 2 atom stereocenters. The maximum atomic E-state index is 13.2. The second-order valence-corrected chi connectivity index (χ2v) is 6.60. The third kappa shape index (κ3) is 3.11. The van der Waals surface area contributed by atoms with Crippen molar-refractivity contribution < 1.29 is 9.13 Å². The van der Waals surface area contributed by atoms with Crippen molar-refractivity contribution >= 4 is 15.9 Å². The molecule has 0 aliphatic heterocycles. The van der Waals surface area contributed by atoms with Gasteiger partial charge in [0.25, 0.3) is 0 Å². The highest BCUT2D eigenvalue weighted by Gasteiger charge is 2.49. The van der Waals surface area contributed by atoms with Crippen LogP contribution in [0.15, 0.2) is 22.7 Å². The van der Waals surface area contributed by atoms with E-state index in [1.54, 1.807) is 6.07 Å². The summed E-state index contributed by atoms with van der Waals surface area (Å²) < 4.78 is 20.0. The summed E-state index contributed by atoms with van der Waals surface area (Å²) in [7, 11) is 0. The van der Waals surface area contributed by atoms with Crippen LogP contribution in [0.4, 0.5) is 4.39 Å². The van der Waals surface area contributed by atoms with E-state index < -0.39 is 0 Å². The first-order valence-electron chi connectivity index (χ1n) is 6.80. The van der Waals surface area contributed by atoms with Crippen LogP contribution in [0, 0.1) is 11.2 Å². The predicted molar refractivity (Wildman–Crippen MR) is 79.0 cm³/mol. The van der Waals surface area contributed by atoms with Gasteiger partial charge in [-0.05, 0) is 41.0 Å². The van der Waals surface area contributed by atoms with Crippen LogP contribution in [0.2, 0.25) is 0 Å². The second kappa shape index (κ2) is 5.80. The Labute approximate surface area is 122 Å². The minimum Gasteiger partial charge on any atom is -0.488 e. The Balaban J connectivity index is 2.00. The van der Waals surface area contributed by atoms with E-state index in [0.717, 1.165) is 23.9 Å². The number of ether oxygens (including phenoxy) is 1. The number of benzene rings is 1. The van der Waals surface area contributed by atoms with Gasteiger partial charge in [0.15, 0.2) is 0 Å². The molecule has 2 rings (SSSR count). The van der Waals surface area contributed by atoms with Crippen molar-refractivity contribution in [1.29, 1.82) is 0 Å². The van der Waals surface area contributed by atoms with Crippen LogP contribution in [0.25, 0.3) is 0 Å². The van der Waals surface area contributed by atoms with Crippen molar-refractivity contribution in [3.8, 4) is 5.75 Å². The van der Waals surface area contributed by atoms with E-state index in [9.17, 15) is 4.39 Å². The van der Waals surface area contributed by atoms with Gasteiger partial charge in [-0.15, -0.1) is 0 Å². The Bertz CT molecular complexity index is 450. The summed E-state index contributed by atoms with van der Waals surface area (Å²) in [6.45, 7) is 7.59. The van der Waals surface area contributed by atoms with Gasteiger partial charge in [-0.25, -0.2) is 4.39 Å². The summed E-state index contributed by atoms with van der Waals surface area (Å²) >= 11 is 3.40. The third-order valence-electron chi connectivity index (χ3n) is 3.98. The van der Waals surface area contributed by atoms with Gasteiger partial charge in [0.05, 0.1) is 4.47 Å². The molecule has 1 N–H and O–H groups in total. The first kappa shape index (κ1) is 14.8. The molecule has 0 radical (unpaired) electrons. The van der Waals surface area contributed by atoms with Gasteiger partial charge in [0.1, 0.15) is 17.7 Å². The van der Waals surface area contributed by atoms with Gasteiger partial charge in [0.2, 0.25) is 0 Å². The number of hydrogen-bond donors (Lipinski definition) is 1. The lowest BCUT2D eigenvalue weighted by molar-refractivity contribution is -0.0551. The number of rotatable bonds is 5. The first-order chi connectivity index (χ1) is 8.95. The Hall–Kier alpha value is -0.610. The van der Waals surface area contributed by atoms with Crippen molar-refractivity contribution in [3.63, 3.8) is 0 Å². The standard InChI is InChI=1S/C15H21BrFNO/c1-4-7-18-13-9-14(15(13,2)3)19-12-8-10(17)5-6-11(12)16/h5-6,8,13-14,18H,4,7,9H2,1-3H3. The van der Waals surface area contributed by atoms with Gasteiger partial charge in [0, 0.05) is 23.9 Å². The highest BCUT2D eigenvalue weighted by molar-refractivity contribution is 9.10. The van der Waals surface area contributed by atoms with Gasteiger partial charge in [-0.2, -0.15) is 0 Å². The van der Waals surface area contributed by atoms with Crippen molar-refractivity contribution in [3.05, 3.63) is 28.5 Å². The molecule has 106 valence electrons.